The van der Waals surface area contributed by atoms with Gasteiger partial charge in [0.05, 0.1) is 38.6 Å². The van der Waals surface area contributed by atoms with Crippen LogP contribution in [-0.2, 0) is 0 Å². The molecule has 0 aliphatic carbocycles. The van der Waals surface area contributed by atoms with Crippen molar-refractivity contribution in [2.75, 3.05) is 0 Å². The molecule has 0 N–H and O–H groups in total. The van der Waals surface area contributed by atoms with Crippen LogP contribution in [0.1, 0.15) is 0 Å². The van der Waals surface area contributed by atoms with Crippen LogP contribution in [0.4, 0.5) is 0 Å². The summed E-state index contributed by atoms with van der Waals surface area (Å²) >= 11 is 0. The van der Waals surface area contributed by atoms with Gasteiger partial charge >= 0.3 is 0 Å². The molecule has 0 bridgehead atoms. The van der Waals surface area contributed by atoms with Gasteiger partial charge in [-0.05, 0) is 118 Å². The smallest absolute Gasteiger partial charge is 0.0622 e. The molecule has 3 heteroatoms. The highest BCUT2D eigenvalue weighted by Gasteiger charge is 2.22. The lowest BCUT2D eigenvalue weighted by atomic mass is 9.98. The summed E-state index contributed by atoms with van der Waals surface area (Å²) in [5.41, 5.74) is 18.1. The van der Waals surface area contributed by atoms with Crippen molar-refractivity contribution >= 4 is 81.7 Å². The minimum absolute atomic E-state index is 1.16. The van der Waals surface area contributed by atoms with E-state index in [-0.39, 0.29) is 0 Å². The number of aromatic nitrogens is 3. The lowest BCUT2D eigenvalue weighted by Gasteiger charge is -2.11. The van der Waals surface area contributed by atoms with Gasteiger partial charge in [-0.3, -0.25) is 0 Å². The zero-order chi connectivity index (χ0) is 41.2. The van der Waals surface area contributed by atoms with Gasteiger partial charge in [0.25, 0.3) is 0 Å². The summed E-state index contributed by atoms with van der Waals surface area (Å²) in [6, 6.07) is 82.8. The molecule has 0 amide bonds. The number of hydrogen-bond donors (Lipinski definition) is 0. The highest BCUT2D eigenvalue weighted by Crippen LogP contribution is 2.44. The molecule has 10 aromatic carbocycles. The number of rotatable bonds is 5. The standard InChI is InChI=1S/C60H37N3/c1-4-14-38(15-5-1)40-24-28-56-48(32-40)50-34-42(26-30-57(50)61(56)44-18-8-3-9-19-44)43-27-31-59-51(35-43)49-33-41(39-16-6-2-7-17-39)25-29-58(49)62(59)45-36-52-46-20-10-12-22-54(46)63-55-23-13-11-21-47(55)53(37-45)60(52)63/h1-37H. The molecule has 0 unspecified atom stereocenters. The zero-order valence-electron chi connectivity index (χ0n) is 34.2. The van der Waals surface area contributed by atoms with Gasteiger partial charge in [-0.15, -0.1) is 0 Å². The first-order valence-corrected chi connectivity index (χ1v) is 21.8. The van der Waals surface area contributed by atoms with Crippen LogP contribution in [0.15, 0.2) is 224 Å². The van der Waals surface area contributed by atoms with Gasteiger partial charge in [0.1, 0.15) is 0 Å². The van der Waals surface area contributed by atoms with Crippen molar-refractivity contribution in [2.45, 2.75) is 0 Å². The van der Waals surface area contributed by atoms with E-state index in [0.717, 1.165) is 5.69 Å². The van der Waals surface area contributed by atoms with Crippen molar-refractivity contribution in [3.63, 3.8) is 0 Å². The summed E-state index contributed by atoms with van der Waals surface area (Å²) in [6.07, 6.45) is 0. The lowest BCUT2D eigenvalue weighted by molar-refractivity contribution is 1.18. The summed E-state index contributed by atoms with van der Waals surface area (Å²) in [7, 11) is 0. The van der Waals surface area contributed by atoms with Gasteiger partial charge in [0, 0.05) is 54.5 Å². The molecule has 14 rings (SSSR count). The Balaban J connectivity index is 1.02. The van der Waals surface area contributed by atoms with Crippen molar-refractivity contribution in [2.24, 2.45) is 0 Å². The summed E-state index contributed by atoms with van der Waals surface area (Å²) in [4.78, 5) is 0. The molecule has 0 aliphatic heterocycles. The Hall–Kier alpha value is -8.40. The minimum atomic E-state index is 1.16. The molecule has 0 spiro atoms. The minimum Gasteiger partial charge on any atom is -0.309 e. The predicted octanol–water partition coefficient (Wildman–Crippen LogP) is 16.0. The van der Waals surface area contributed by atoms with E-state index in [4.69, 9.17) is 0 Å². The number of benzene rings is 10. The number of para-hydroxylation sites is 3. The van der Waals surface area contributed by atoms with Crippen molar-refractivity contribution < 1.29 is 0 Å². The van der Waals surface area contributed by atoms with Crippen LogP contribution < -0.4 is 0 Å². The molecule has 0 fully saturated rings. The molecule has 63 heavy (non-hydrogen) atoms. The predicted molar refractivity (Wildman–Crippen MR) is 266 cm³/mol. The van der Waals surface area contributed by atoms with E-state index in [2.05, 4.69) is 238 Å². The fraction of sp³-hybridized carbons (Fsp3) is 0. The van der Waals surface area contributed by atoms with Crippen molar-refractivity contribution in [1.29, 1.82) is 0 Å². The Morgan fingerprint density at radius 1 is 0.206 bits per heavy atom. The molecular weight excluding hydrogens is 763 g/mol. The average Bonchev–Trinajstić information content (AvgIpc) is 4.08. The van der Waals surface area contributed by atoms with Gasteiger partial charge in [-0.1, -0.05) is 140 Å². The Labute approximate surface area is 362 Å². The maximum absolute atomic E-state index is 2.49. The molecule has 0 atom stereocenters. The largest absolute Gasteiger partial charge is 0.309 e. The van der Waals surface area contributed by atoms with E-state index >= 15 is 0 Å². The summed E-state index contributed by atoms with van der Waals surface area (Å²) < 4.78 is 7.36. The molecule has 0 radical (unpaired) electrons. The van der Waals surface area contributed by atoms with E-state index in [0.29, 0.717) is 0 Å². The van der Waals surface area contributed by atoms with Crippen LogP contribution >= 0.6 is 0 Å². The van der Waals surface area contributed by atoms with Crippen LogP contribution in [0.25, 0.3) is 126 Å². The van der Waals surface area contributed by atoms with Crippen molar-refractivity contribution in [3.05, 3.63) is 224 Å². The van der Waals surface area contributed by atoms with Crippen LogP contribution in [0.2, 0.25) is 0 Å². The summed E-state index contributed by atoms with van der Waals surface area (Å²) in [6.45, 7) is 0. The third-order valence-electron chi connectivity index (χ3n) is 13.5. The maximum Gasteiger partial charge on any atom is 0.0622 e. The topological polar surface area (TPSA) is 14.3 Å². The molecule has 4 heterocycles. The SMILES string of the molecule is c1ccc(-c2ccc3c(c2)c2cc(-c4ccc5c(c4)c4cc(-c6ccccc6)ccc4n5-c4cc5c6ccccc6n6c7ccccc7c(c4)c56)ccc2n3-c2ccccc2)cc1. The Morgan fingerprint density at radius 3 is 0.984 bits per heavy atom. The first kappa shape index (κ1) is 34.3. The Morgan fingerprint density at radius 2 is 0.556 bits per heavy atom. The van der Waals surface area contributed by atoms with E-state index in [9.17, 15) is 0 Å². The second-order valence-corrected chi connectivity index (χ2v) is 16.9. The van der Waals surface area contributed by atoms with E-state index in [1.54, 1.807) is 0 Å². The Kier molecular flexibility index (Phi) is 7.11. The highest BCUT2D eigenvalue weighted by atomic mass is 15.0. The van der Waals surface area contributed by atoms with Crippen molar-refractivity contribution in [1.82, 2.24) is 13.5 Å². The van der Waals surface area contributed by atoms with Gasteiger partial charge in [0.15, 0.2) is 0 Å². The average molecular weight is 800 g/mol. The van der Waals surface area contributed by atoms with Gasteiger partial charge in [-0.25, -0.2) is 0 Å². The second kappa shape index (κ2) is 13.1. The first-order valence-electron chi connectivity index (χ1n) is 21.8. The quantitative estimate of drug-likeness (QED) is 0.165. The van der Waals surface area contributed by atoms with Crippen LogP contribution in [-0.4, -0.2) is 13.5 Å². The first-order chi connectivity index (χ1) is 31.2. The summed E-state index contributed by atoms with van der Waals surface area (Å²) in [5, 5.41) is 10.1. The molecule has 292 valence electrons. The van der Waals surface area contributed by atoms with Gasteiger partial charge in [-0.2, -0.15) is 0 Å². The van der Waals surface area contributed by atoms with Crippen LogP contribution in [0, 0.1) is 0 Å². The van der Waals surface area contributed by atoms with E-state index < -0.39 is 0 Å². The van der Waals surface area contributed by atoms with Crippen LogP contribution in [0.3, 0.4) is 0 Å². The summed E-state index contributed by atoms with van der Waals surface area (Å²) in [5.74, 6) is 0. The van der Waals surface area contributed by atoms with E-state index in [1.165, 1.54) is 121 Å². The highest BCUT2D eigenvalue weighted by molar-refractivity contribution is 6.24. The van der Waals surface area contributed by atoms with Crippen LogP contribution in [0.5, 0.6) is 0 Å². The number of hydrogen-bond acceptors (Lipinski definition) is 0. The van der Waals surface area contributed by atoms with Gasteiger partial charge < -0.3 is 13.5 Å². The number of fused-ring (bicyclic) bond motifs is 12. The molecular formula is C60H37N3. The lowest BCUT2D eigenvalue weighted by Crippen LogP contribution is -1.94. The Bertz CT molecular complexity index is 4030. The number of nitrogens with zero attached hydrogens (tertiary/aromatic N) is 3. The third kappa shape index (κ3) is 4.96. The monoisotopic (exact) mass is 799 g/mol. The second-order valence-electron chi connectivity index (χ2n) is 16.9. The molecule has 3 nitrogen and oxygen atoms in total. The molecule has 0 saturated heterocycles. The molecule has 4 aromatic heterocycles. The zero-order valence-corrected chi connectivity index (χ0v) is 34.2. The van der Waals surface area contributed by atoms with Crippen molar-refractivity contribution in [3.8, 4) is 44.8 Å². The third-order valence-corrected chi connectivity index (χ3v) is 13.5. The maximum atomic E-state index is 2.49. The molecule has 0 saturated carbocycles. The van der Waals surface area contributed by atoms with E-state index in [1.807, 2.05) is 0 Å². The van der Waals surface area contributed by atoms with Gasteiger partial charge in [0.2, 0.25) is 0 Å². The fourth-order valence-corrected chi connectivity index (χ4v) is 10.7. The normalized spacial score (nSPS) is 12.1. The molecule has 14 aromatic rings. The molecule has 0 aliphatic rings. The fourth-order valence-electron chi connectivity index (χ4n) is 10.7.